The summed E-state index contributed by atoms with van der Waals surface area (Å²) < 4.78 is 0. The van der Waals surface area contributed by atoms with Crippen LogP contribution in [0.4, 0.5) is 5.69 Å². The SMILES string of the molecule is C=CNc1ccccc1CCC(N)=CC=NC1=CCC(C)C=C1. The van der Waals surface area contributed by atoms with Gasteiger partial charge in [-0.3, -0.25) is 4.99 Å². The van der Waals surface area contributed by atoms with Gasteiger partial charge in [0.15, 0.2) is 0 Å². The Labute approximate surface area is 139 Å². The van der Waals surface area contributed by atoms with E-state index in [2.05, 4.69) is 48.1 Å². The van der Waals surface area contributed by atoms with Crippen molar-refractivity contribution in [2.75, 3.05) is 5.32 Å². The van der Waals surface area contributed by atoms with E-state index in [1.165, 1.54) is 5.56 Å². The number of rotatable bonds is 7. The number of hydrogen-bond donors (Lipinski definition) is 2. The molecule has 1 aromatic rings. The number of nitrogens with two attached hydrogens (primary N) is 1. The Kier molecular flexibility index (Phi) is 6.42. The Morgan fingerprint density at radius 2 is 2.26 bits per heavy atom. The van der Waals surface area contributed by atoms with E-state index in [0.717, 1.165) is 36.3 Å². The average molecular weight is 307 g/mol. The predicted octanol–water partition coefficient (Wildman–Crippen LogP) is 4.57. The van der Waals surface area contributed by atoms with Crippen LogP contribution >= 0.6 is 0 Å². The molecular weight excluding hydrogens is 282 g/mol. The highest BCUT2D eigenvalue weighted by atomic mass is 14.8. The van der Waals surface area contributed by atoms with Gasteiger partial charge in [-0.25, -0.2) is 0 Å². The summed E-state index contributed by atoms with van der Waals surface area (Å²) >= 11 is 0. The van der Waals surface area contributed by atoms with Gasteiger partial charge in [0.05, 0.1) is 5.70 Å². The molecule has 0 amide bonds. The van der Waals surface area contributed by atoms with E-state index < -0.39 is 0 Å². The van der Waals surface area contributed by atoms with Gasteiger partial charge in [0.2, 0.25) is 0 Å². The number of allylic oxidation sites excluding steroid dienone is 5. The van der Waals surface area contributed by atoms with Gasteiger partial charge in [-0.05, 0) is 55.2 Å². The Hall–Kier alpha value is -2.55. The summed E-state index contributed by atoms with van der Waals surface area (Å²) in [5.74, 6) is 0.610. The van der Waals surface area contributed by atoms with Gasteiger partial charge in [0.25, 0.3) is 0 Å². The van der Waals surface area contributed by atoms with Crippen LogP contribution in [0.2, 0.25) is 0 Å². The number of benzene rings is 1. The summed E-state index contributed by atoms with van der Waals surface area (Å²) in [4.78, 5) is 4.43. The lowest BCUT2D eigenvalue weighted by Crippen LogP contribution is -2.01. The summed E-state index contributed by atoms with van der Waals surface area (Å²) in [5.41, 5.74) is 10.2. The van der Waals surface area contributed by atoms with Crippen molar-refractivity contribution in [3.63, 3.8) is 0 Å². The Morgan fingerprint density at radius 3 is 3.00 bits per heavy atom. The Balaban J connectivity index is 1.88. The van der Waals surface area contributed by atoms with Crippen molar-refractivity contribution in [2.45, 2.75) is 26.2 Å². The van der Waals surface area contributed by atoms with Crippen LogP contribution in [0.25, 0.3) is 0 Å². The minimum absolute atomic E-state index is 0.610. The van der Waals surface area contributed by atoms with Gasteiger partial charge < -0.3 is 11.1 Å². The molecule has 3 N–H and O–H groups in total. The molecule has 0 saturated heterocycles. The number of aliphatic imine (C=N–C) groups is 1. The molecule has 0 saturated carbocycles. The fourth-order valence-electron chi connectivity index (χ4n) is 2.38. The zero-order valence-corrected chi connectivity index (χ0v) is 13.7. The monoisotopic (exact) mass is 307 g/mol. The van der Waals surface area contributed by atoms with Crippen molar-refractivity contribution in [2.24, 2.45) is 16.6 Å². The quantitative estimate of drug-likeness (QED) is 0.725. The highest BCUT2D eigenvalue weighted by Crippen LogP contribution is 2.18. The molecule has 3 heteroatoms. The van der Waals surface area contributed by atoms with Crippen molar-refractivity contribution in [3.05, 3.63) is 78.3 Å². The molecule has 0 fully saturated rings. The fourth-order valence-corrected chi connectivity index (χ4v) is 2.38. The summed E-state index contributed by atoms with van der Waals surface area (Å²) in [6, 6.07) is 8.19. The molecule has 1 unspecified atom stereocenters. The molecule has 120 valence electrons. The van der Waals surface area contributed by atoms with Crippen molar-refractivity contribution < 1.29 is 0 Å². The lowest BCUT2D eigenvalue weighted by atomic mass is 10.0. The maximum atomic E-state index is 6.08. The summed E-state index contributed by atoms with van der Waals surface area (Å²) in [5, 5.41) is 3.15. The number of nitrogens with one attached hydrogen (secondary N) is 1. The van der Waals surface area contributed by atoms with Crippen LogP contribution in [0.3, 0.4) is 0 Å². The number of hydrogen-bond acceptors (Lipinski definition) is 3. The van der Waals surface area contributed by atoms with Crippen molar-refractivity contribution in [1.82, 2.24) is 0 Å². The molecule has 1 aliphatic carbocycles. The van der Waals surface area contributed by atoms with Gasteiger partial charge in [0.1, 0.15) is 0 Å². The molecule has 0 bridgehead atoms. The molecular formula is C20H25N3. The molecule has 23 heavy (non-hydrogen) atoms. The minimum atomic E-state index is 0.610. The molecule has 3 nitrogen and oxygen atoms in total. The van der Waals surface area contributed by atoms with E-state index in [0.29, 0.717) is 5.92 Å². The molecule has 0 spiro atoms. The number of aryl methyl sites for hydroxylation is 1. The first kappa shape index (κ1) is 16.8. The van der Waals surface area contributed by atoms with Gasteiger partial charge >= 0.3 is 0 Å². The van der Waals surface area contributed by atoms with Gasteiger partial charge in [-0.2, -0.15) is 0 Å². The molecule has 1 aromatic carbocycles. The van der Waals surface area contributed by atoms with Gasteiger partial charge in [0, 0.05) is 17.6 Å². The maximum absolute atomic E-state index is 6.08. The second-order valence-electron chi connectivity index (χ2n) is 5.73. The largest absolute Gasteiger partial charge is 0.402 e. The van der Waals surface area contributed by atoms with E-state index in [9.17, 15) is 0 Å². The molecule has 1 atom stereocenters. The zero-order valence-electron chi connectivity index (χ0n) is 13.7. The second kappa shape index (κ2) is 8.79. The zero-order chi connectivity index (χ0) is 16.5. The highest BCUT2D eigenvalue weighted by Gasteiger charge is 2.02. The van der Waals surface area contributed by atoms with Crippen molar-refractivity contribution >= 4 is 11.9 Å². The fraction of sp³-hybridized carbons (Fsp3) is 0.250. The number of nitrogens with zero attached hydrogens (tertiary/aromatic N) is 1. The van der Waals surface area contributed by atoms with Crippen molar-refractivity contribution in [1.29, 1.82) is 0 Å². The van der Waals surface area contributed by atoms with E-state index >= 15 is 0 Å². The van der Waals surface area contributed by atoms with Gasteiger partial charge in [-0.1, -0.05) is 43.9 Å². The summed E-state index contributed by atoms with van der Waals surface area (Å²) in [6.07, 6.45) is 14.5. The van der Waals surface area contributed by atoms with Crippen LogP contribution in [0, 0.1) is 5.92 Å². The van der Waals surface area contributed by atoms with Crippen LogP contribution in [-0.2, 0) is 6.42 Å². The molecule has 0 aliphatic heterocycles. The van der Waals surface area contributed by atoms with Crippen LogP contribution in [0.1, 0.15) is 25.3 Å². The van der Waals surface area contributed by atoms with E-state index in [1.807, 2.05) is 24.3 Å². The van der Waals surface area contributed by atoms with Gasteiger partial charge in [-0.15, -0.1) is 0 Å². The maximum Gasteiger partial charge on any atom is 0.0586 e. The van der Waals surface area contributed by atoms with Crippen LogP contribution in [0.5, 0.6) is 0 Å². The number of anilines is 1. The first-order chi connectivity index (χ1) is 11.2. The van der Waals surface area contributed by atoms with E-state index in [4.69, 9.17) is 5.73 Å². The molecule has 1 aliphatic rings. The van der Waals surface area contributed by atoms with Crippen LogP contribution in [-0.4, -0.2) is 6.21 Å². The highest BCUT2D eigenvalue weighted by molar-refractivity contribution is 5.73. The molecule has 2 rings (SSSR count). The first-order valence-electron chi connectivity index (χ1n) is 8.01. The average Bonchev–Trinajstić information content (AvgIpc) is 2.56. The predicted molar refractivity (Wildman–Crippen MR) is 100 cm³/mol. The lowest BCUT2D eigenvalue weighted by Gasteiger charge is -2.09. The van der Waals surface area contributed by atoms with Crippen molar-refractivity contribution in [3.8, 4) is 0 Å². The number of para-hydroxylation sites is 1. The normalized spacial score (nSPS) is 18.0. The summed E-state index contributed by atoms with van der Waals surface area (Å²) in [6.45, 7) is 5.91. The third kappa shape index (κ3) is 5.62. The smallest absolute Gasteiger partial charge is 0.0586 e. The Bertz CT molecular complexity index is 651. The third-order valence-electron chi connectivity index (χ3n) is 3.76. The molecule has 0 heterocycles. The third-order valence-corrected chi connectivity index (χ3v) is 3.76. The topological polar surface area (TPSA) is 50.4 Å². The lowest BCUT2D eigenvalue weighted by molar-refractivity contribution is 0.730. The molecule has 0 aromatic heterocycles. The van der Waals surface area contributed by atoms with Crippen LogP contribution in [0.15, 0.2) is 77.7 Å². The van der Waals surface area contributed by atoms with E-state index in [-0.39, 0.29) is 0 Å². The first-order valence-corrected chi connectivity index (χ1v) is 8.01. The standard InChI is InChI=1S/C20H25N3/c1-3-22-20-7-5-4-6-17(20)10-11-18(21)14-15-23-19-12-8-16(2)9-13-19/h3-8,12-16,22H,1,9-11,21H2,2H3. The Morgan fingerprint density at radius 1 is 1.43 bits per heavy atom. The summed E-state index contributed by atoms with van der Waals surface area (Å²) in [7, 11) is 0. The second-order valence-corrected chi connectivity index (χ2v) is 5.73. The minimum Gasteiger partial charge on any atom is -0.402 e. The molecule has 0 radical (unpaired) electrons. The van der Waals surface area contributed by atoms with Crippen LogP contribution < -0.4 is 11.1 Å². The van der Waals surface area contributed by atoms with E-state index in [1.54, 1.807) is 12.4 Å².